The molecule has 1 fully saturated rings. The number of fused-ring (bicyclic) bond motifs is 1. The average molecular weight is 287 g/mol. The van der Waals surface area contributed by atoms with Crippen LogP contribution in [0.3, 0.4) is 0 Å². The van der Waals surface area contributed by atoms with E-state index in [2.05, 4.69) is 39.1 Å². The van der Waals surface area contributed by atoms with E-state index in [1.165, 1.54) is 36.0 Å². The molecule has 2 nitrogen and oxygen atoms in total. The van der Waals surface area contributed by atoms with Crippen LogP contribution in [0, 0.1) is 18.8 Å². The van der Waals surface area contributed by atoms with Gasteiger partial charge in [-0.1, -0.05) is 26.8 Å². The Kier molecular flexibility index (Phi) is 4.00. The standard InChI is InChI=1S/C19H29NO/c1-11-5-7-15(9-13(11)3)20-16-10-14(4)18-12(2)6-8-17(21)19(16)18/h6,8,11,13-16,20-21H,5,7,9-10H2,1-4H3. The van der Waals surface area contributed by atoms with Gasteiger partial charge in [0, 0.05) is 17.6 Å². The van der Waals surface area contributed by atoms with Gasteiger partial charge in [-0.3, -0.25) is 0 Å². The molecule has 5 atom stereocenters. The van der Waals surface area contributed by atoms with Crippen molar-refractivity contribution in [1.82, 2.24) is 5.32 Å². The van der Waals surface area contributed by atoms with Crippen LogP contribution in [0.15, 0.2) is 12.1 Å². The molecule has 0 aromatic heterocycles. The fraction of sp³-hybridized carbons (Fsp3) is 0.684. The maximum Gasteiger partial charge on any atom is 0.120 e. The second kappa shape index (κ2) is 5.64. The second-order valence-electron chi connectivity index (χ2n) is 7.55. The summed E-state index contributed by atoms with van der Waals surface area (Å²) in [7, 11) is 0. The van der Waals surface area contributed by atoms with Crippen molar-refractivity contribution in [2.75, 3.05) is 0 Å². The molecule has 21 heavy (non-hydrogen) atoms. The summed E-state index contributed by atoms with van der Waals surface area (Å²) in [4.78, 5) is 0. The zero-order valence-corrected chi connectivity index (χ0v) is 13.8. The fourth-order valence-corrected chi connectivity index (χ4v) is 4.48. The molecular formula is C19H29NO. The number of nitrogens with one attached hydrogen (secondary N) is 1. The first-order valence-electron chi connectivity index (χ1n) is 8.55. The van der Waals surface area contributed by atoms with E-state index in [0.29, 0.717) is 23.8 Å². The third kappa shape index (κ3) is 2.70. The lowest BCUT2D eigenvalue weighted by atomic mass is 9.79. The van der Waals surface area contributed by atoms with Crippen LogP contribution < -0.4 is 5.32 Å². The predicted molar refractivity (Wildman–Crippen MR) is 87.7 cm³/mol. The SMILES string of the molecule is Cc1ccc(O)c2c1C(C)CC2NC1CCC(C)C(C)C1. The summed E-state index contributed by atoms with van der Waals surface area (Å²) >= 11 is 0. The van der Waals surface area contributed by atoms with Gasteiger partial charge in [-0.25, -0.2) is 0 Å². The van der Waals surface area contributed by atoms with E-state index < -0.39 is 0 Å². The van der Waals surface area contributed by atoms with Gasteiger partial charge < -0.3 is 10.4 Å². The largest absolute Gasteiger partial charge is 0.508 e. The summed E-state index contributed by atoms with van der Waals surface area (Å²) in [6.07, 6.45) is 4.99. The average Bonchev–Trinajstić information content (AvgIpc) is 2.76. The summed E-state index contributed by atoms with van der Waals surface area (Å²) < 4.78 is 0. The van der Waals surface area contributed by atoms with Crippen molar-refractivity contribution in [3.05, 3.63) is 28.8 Å². The van der Waals surface area contributed by atoms with Crippen molar-refractivity contribution in [1.29, 1.82) is 0 Å². The molecule has 1 aromatic carbocycles. The molecule has 0 saturated heterocycles. The number of phenolic OH excluding ortho intramolecular Hbond substituents is 1. The molecule has 2 N–H and O–H groups in total. The fourth-order valence-electron chi connectivity index (χ4n) is 4.48. The third-order valence-corrected chi connectivity index (χ3v) is 5.95. The zero-order chi connectivity index (χ0) is 15.1. The van der Waals surface area contributed by atoms with Crippen molar-refractivity contribution < 1.29 is 5.11 Å². The number of benzene rings is 1. The van der Waals surface area contributed by atoms with Crippen LogP contribution in [0.4, 0.5) is 0 Å². The monoisotopic (exact) mass is 287 g/mol. The highest BCUT2D eigenvalue weighted by Crippen LogP contribution is 2.46. The van der Waals surface area contributed by atoms with Crippen molar-refractivity contribution >= 4 is 0 Å². The van der Waals surface area contributed by atoms with Crippen LogP contribution in [0.1, 0.15) is 75.1 Å². The molecule has 1 aromatic rings. The van der Waals surface area contributed by atoms with E-state index in [4.69, 9.17) is 0 Å². The Hall–Kier alpha value is -1.02. The van der Waals surface area contributed by atoms with Crippen LogP contribution in [0.2, 0.25) is 0 Å². The van der Waals surface area contributed by atoms with Crippen LogP contribution in [0.25, 0.3) is 0 Å². The quantitative estimate of drug-likeness (QED) is 0.829. The van der Waals surface area contributed by atoms with Crippen molar-refractivity contribution in [3.8, 4) is 5.75 Å². The van der Waals surface area contributed by atoms with E-state index in [1.807, 2.05) is 6.07 Å². The lowest BCUT2D eigenvalue weighted by molar-refractivity contribution is 0.213. The summed E-state index contributed by atoms with van der Waals surface area (Å²) in [5.41, 5.74) is 3.88. The van der Waals surface area contributed by atoms with Gasteiger partial charge in [0.2, 0.25) is 0 Å². The topological polar surface area (TPSA) is 32.3 Å². The van der Waals surface area contributed by atoms with Crippen molar-refractivity contribution in [3.63, 3.8) is 0 Å². The minimum Gasteiger partial charge on any atom is -0.508 e. The highest BCUT2D eigenvalue weighted by molar-refractivity contribution is 5.50. The molecule has 2 heteroatoms. The molecule has 0 aliphatic heterocycles. The summed E-state index contributed by atoms with van der Waals surface area (Å²) in [5, 5.41) is 14.2. The van der Waals surface area contributed by atoms with Gasteiger partial charge >= 0.3 is 0 Å². The Morgan fingerprint density at radius 1 is 1.00 bits per heavy atom. The first-order valence-corrected chi connectivity index (χ1v) is 8.55. The molecule has 0 heterocycles. The Balaban J connectivity index is 1.79. The molecule has 0 radical (unpaired) electrons. The Bertz CT molecular complexity index is 525. The minimum absolute atomic E-state index is 0.334. The van der Waals surface area contributed by atoms with Crippen LogP contribution in [-0.2, 0) is 0 Å². The van der Waals surface area contributed by atoms with Crippen molar-refractivity contribution in [2.24, 2.45) is 11.8 Å². The highest BCUT2D eigenvalue weighted by Gasteiger charge is 2.34. The van der Waals surface area contributed by atoms with E-state index in [9.17, 15) is 5.11 Å². The van der Waals surface area contributed by atoms with Gasteiger partial charge in [0.1, 0.15) is 5.75 Å². The first kappa shape index (κ1) is 14.9. The van der Waals surface area contributed by atoms with Gasteiger partial charge in [-0.15, -0.1) is 0 Å². The molecule has 2 aliphatic rings. The van der Waals surface area contributed by atoms with E-state index in [0.717, 1.165) is 18.3 Å². The number of phenols is 1. The van der Waals surface area contributed by atoms with E-state index in [-0.39, 0.29) is 0 Å². The molecule has 2 aliphatic carbocycles. The third-order valence-electron chi connectivity index (χ3n) is 5.95. The first-order chi connectivity index (χ1) is 9.97. The van der Waals surface area contributed by atoms with Crippen molar-refractivity contribution in [2.45, 2.75) is 71.4 Å². The molecule has 0 amide bonds. The number of aromatic hydroxyl groups is 1. The van der Waals surface area contributed by atoms with Gasteiger partial charge in [-0.2, -0.15) is 0 Å². The molecule has 0 spiro atoms. The summed E-state index contributed by atoms with van der Waals surface area (Å²) in [6, 6.07) is 4.86. The second-order valence-corrected chi connectivity index (χ2v) is 7.55. The number of hydrogen-bond acceptors (Lipinski definition) is 2. The number of rotatable bonds is 2. The van der Waals surface area contributed by atoms with Gasteiger partial charge in [-0.05, 0) is 67.6 Å². The lowest BCUT2D eigenvalue weighted by Gasteiger charge is -2.34. The van der Waals surface area contributed by atoms with E-state index >= 15 is 0 Å². The molecule has 5 unspecified atom stereocenters. The Labute approximate surface area is 129 Å². The van der Waals surface area contributed by atoms with Gasteiger partial charge in [0.25, 0.3) is 0 Å². The minimum atomic E-state index is 0.334. The van der Waals surface area contributed by atoms with Gasteiger partial charge in [0.15, 0.2) is 0 Å². The number of aryl methyl sites for hydroxylation is 1. The normalized spacial score (nSPS) is 35.7. The lowest BCUT2D eigenvalue weighted by Crippen LogP contribution is -2.37. The highest BCUT2D eigenvalue weighted by atomic mass is 16.3. The summed E-state index contributed by atoms with van der Waals surface area (Å²) in [5.74, 6) is 2.69. The number of hydrogen-bond donors (Lipinski definition) is 2. The molecular weight excluding hydrogens is 258 g/mol. The van der Waals surface area contributed by atoms with Crippen LogP contribution in [0.5, 0.6) is 5.75 Å². The van der Waals surface area contributed by atoms with Gasteiger partial charge in [0.05, 0.1) is 0 Å². The predicted octanol–water partition coefficient (Wildman–Crippen LogP) is 4.66. The van der Waals surface area contributed by atoms with Crippen LogP contribution in [-0.4, -0.2) is 11.1 Å². The summed E-state index contributed by atoms with van der Waals surface area (Å²) in [6.45, 7) is 9.22. The maximum absolute atomic E-state index is 10.3. The molecule has 3 rings (SSSR count). The zero-order valence-electron chi connectivity index (χ0n) is 13.8. The Morgan fingerprint density at radius 2 is 1.76 bits per heavy atom. The maximum atomic E-state index is 10.3. The van der Waals surface area contributed by atoms with E-state index in [1.54, 1.807) is 0 Å². The molecule has 1 saturated carbocycles. The Morgan fingerprint density at radius 3 is 2.48 bits per heavy atom. The van der Waals surface area contributed by atoms with Crippen LogP contribution >= 0.6 is 0 Å². The molecule has 116 valence electrons. The molecule has 0 bridgehead atoms. The smallest absolute Gasteiger partial charge is 0.120 e.